The summed E-state index contributed by atoms with van der Waals surface area (Å²) in [6, 6.07) is -0.482. The Labute approximate surface area is 81.2 Å². The van der Waals surface area contributed by atoms with E-state index in [1.54, 1.807) is 21.6 Å². The fourth-order valence-electron chi connectivity index (χ4n) is 0.483. The van der Waals surface area contributed by atoms with Gasteiger partial charge >= 0.3 is 5.97 Å². The minimum Gasteiger partial charge on any atom is -0.468 e. The smallest absolute Gasteiger partial charge is 0.323 e. The molecule has 0 aliphatic carbocycles. The van der Waals surface area contributed by atoms with Crippen LogP contribution in [0.2, 0.25) is 0 Å². The topological polar surface area (TPSA) is 52.3 Å². The van der Waals surface area contributed by atoms with Gasteiger partial charge in [0, 0.05) is 11.5 Å². The second-order valence-electron chi connectivity index (χ2n) is 2.24. The maximum Gasteiger partial charge on any atom is 0.323 e. The Morgan fingerprint density at radius 2 is 2.25 bits per heavy atom. The van der Waals surface area contributed by atoms with Crippen LogP contribution < -0.4 is 5.73 Å². The maximum atomic E-state index is 10.8. The molecule has 12 heavy (non-hydrogen) atoms. The van der Waals surface area contributed by atoms with Crippen molar-refractivity contribution in [1.82, 2.24) is 0 Å². The van der Waals surface area contributed by atoms with E-state index in [0.717, 1.165) is 12.2 Å². The number of ether oxygens (including phenoxy) is 1. The predicted molar refractivity (Wildman–Crippen MR) is 55.2 cm³/mol. The lowest BCUT2D eigenvalue weighted by atomic mass is 10.4. The summed E-state index contributed by atoms with van der Waals surface area (Å²) in [5.74, 6) is 1.38. The van der Waals surface area contributed by atoms with Gasteiger partial charge in [0.05, 0.1) is 7.11 Å². The molecule has 0 amide bonds. The van der Waals surface area contributed by atoms with Gasteiger partial charge < -0.3 is 10.5 Å². The summed E-state index contributed by atoms with van der Waals surface area (Å²) in [5, 5.41) is 0. The highest BCUT2D eigenvalue weighted by Gasteiger charge is 2.12. The minimum absolute atomic E-state index is 0.334. The van der Waals surface area contributed by atoms with Crippen LogP contribution in [0, 0.1) is 0 Å². The summed E-state index contributed by atoms with van der Waals surface area (Å²) in [6.07, 6.45) is 1.14. The molecule has 0 fully saturated rings. The summed E-state index contributed by atoms with van der Waals surface area (Å²) < 4.78 is 4.48. The molecule has 0 aromatic heterocycles. The predicted octanol–water partition coefficient (Wildman–Crippen LogP) is 1.28. The zero-order valence-corrected chi connectivity index (χ0v) is 9.04. The summed E-state index contributed by atoms with van der Waals surface area (Å²) in [7, 11) is 4.71. The van der Waals surface area contributed by atoms with Crippen LogP contribution in [0.15, 0.2) is 0 Å². The van der Waals surface area contributed by atoms with E-state index in [2.05, 4.69) is 11.7 Å². The zero-order chi connectivity index (χ0) is 9.40. The van der Waals surface area contributed by atoms with E-state index in [4.69, 9.17) is 5.73 Å². The summed E-state index contributed by atoms with van der Waals surface area (Å²) in [4.78, 5) is 10.8. The summed E-state index contributed by atoms with van der Waals surface area (Å²) in [5.41, 5.74) is 5.50. The molecule has 0 saturated carbocycles. The van der Waals surface area contributed by atoms with Crippen molar-refractivity contribution in [3.8, 4) is 0 Å². The molecule has 0 bridgehead atoms. The van der Waals surface area contributed by atoms with Gasteiger partial charge in [-0.2, -0.15) is 0 Å². The van der Waals surface area contributed by atoms with Crippen LogP contribution in [-0.4, -0.2) is 30.6 Å². The quantitative estimate of drug-likeness (QED) is 0.406. The first kappa shape index (κ1) is 12.1. The highest BCUT2D eigenvalue weighted by atomic mass is 33.1. The van der Waals surface area contributed by atoms with Gasteiger partial charge in [0.15, 0.2) is 0 Å². The third-order valence-corrected chi connectivity index (χ3v) is 3.77. The third kappa shape index (κ3) is 5.74. The van der Waals surface area contributed by atoms with Crippen molar-refractivity contribution >= 4 is 27.6 Å². The molecule has 3 nitrogen and oxygen atoms in total. The lowest BCUT2D eigenvalue weighted by Crippen LogP contribution is -2.33. The van der Waals surface area contributed by atoms with Crippen LogP contribution >= 0.6 is 21.6 Å². The van der Waals surface area contributed by atoms with Crippen molar-refractivity contribution in [2.75, 3.05) is 18.6 Å². The molecular formula is C7H15NO2S2. The van der Waals surface area contributed by atoms with Crippen LogP contribution in [-0.2, 0) is 9.53 Å². The first-order valence-electron chi connectivity index (χ1n) is 3.80. The Kier molecular flexibility index (Phi) is 7.85. The molecule has 0 aliphatic rings. The lowest BCUT2D eigenvalue weighted by molar-refractivity contribution is -0.141. The number of rotatable bonds is 6. The molecule has 0 aliphatic heterocycles. The van der Waals surface area contributed by atoms with E-state index < -0.39 is 6.04 Å². The second-order valence-corrected chi connectivity index (χ2v) is 4.86. The molecule has 0 heterocycles. The number of esters is 1. The largest absolute Gasteiger partial charge is 0.468 e. The normalized spacial score (nSPS) is 12.6. The first-order chi connectivity index (χ1) is 5.72. The van der Waals surface area contributed by atoms with E-state index in [0.29, 0.717) is 5.75 Å². The Morgan fingerprint density at radius 3 is 2.75 bits per heavy atom. The molecule has 0 saturated heterocycles. The van der Waals surface area contributed by atoms with Crippen LogP contribution in [0.4, 0.5) is 0 Å². The Bertz CT molecular complexity index is 133. The zero-order valence-electron chi connectivity index (χ0n) is 7.41. The van der Waals surface area contributed by atoms with E-state index >= 15 is 0 Å². The Balaban J connectivity index is 3.31. The molecular weight excluding hydrogens is 194 g/mol. The fourth-order valence-corrected chi connectivity index (χ4v) is 2.73. The van der Waals surface area contributed by atoms with Gasteiger partial charge in [-0.1, -0.05) is 28.5 Å². The Morgan fingerprint density at radius 1 is 1.58 bits per heavy atom. The van der Waals surface area contributed by atoms with Gasteiger partial charge in [-0.15, -0.1) is 0 Å². The van der Waals surface area contributed by atoms with E-state index in [1.165, 1.54) is 7.11 Å². The van der Waals surface area contributed by atoms with E-state index in [-0.39, 0.29) is 5.97 Å². The van der Waals surface area contributed by atoms with Crippen molar-refractivity contribution in [2.45, 2.75) is 19.4 Å². The first-order valence-corrected chi connectivity index (χ1v) is 6.29. The number of methoxy groups -OCH3 is 1. The third-order valence-electron chi connectivity index (χ3n) is 1.12. The average molecular weight is 209 g/mol. The second kappa shape index (κ2) is 7.76. The number of hydrogen-bond donors (Lipinski definition) is 1. The molecule has 72 valence electrons. The lowest BCUT2D eigenvalue weighted by Gasteiger charge is -2.07. The van der Waals surface area contributed by atoms with Crippen molar-refractivity contribution in [1.29, 1.82) is 0 Å². The highest BCUT2D eigenvalue weighted by molar-refractivity contribution is 8.76. The van der Waals surface area contributed by atoms with Crippen molar-refractivity contribution in [3.63, 3.8) is 0 Å². The van der Waals surface area contributed by atoms with Crippen molar-refractivity contribution in [3.05, 3.63) is 0 Å². The molecule has 0 unspecified atom stereocenters. The van der Waals surface area contributed by atoms with Crippen LogP contribution in [0.25, 0.3) is 0 Å². The van der Waals surface area contributed by atoms with Crippen LogP contribution in [0.5, 0.6) is 0 Å². The number of nitrogens with two attached hydrogens (primary N) is 1. The highest BCUT2D eigenvalue weighted by Crippen LogP contribution is 2.22. The molecule has 2 N–H and O–H groups in total. The molecule has 0 aromatic rings. The Hall–Kier alpha value is 0.130. The average Bonchev–Trinajstić information content (AvgIpc) is 2.10. The van der Waals surface area contributed by atoms with Gasteiger partial charge in [0.1, 0.15) is 6.04 Å². The van der Waals surface area contributed by atoms with Crippen LogP contribution in [0.1, 0.15) is 13.3 Å². The van der Waals surface area contributed by atoms with Gasteiger partial charge in [-0.25, -0.2) is 0 Å². The molecule has 5 heteroatoms. The number of hydrogen-bond acceptors (Lipinski definition) is 5. The molecule has 0 radical (unpaired) electrons. The van der Waals surface area contributed by atoms with Gasteiger partial charge in [-0.3, -0.25) is 4.79 Å². The van der Waals surface area contributed by atoms with Crippen LogP contribution in [0.3, 0.4) is 0 Å². The van der Waals surface area contributed by atoms with Gasteiger partial charge in [-0.05, 0) is 6.42 Å². The summed E-state index contributed by atoms with van der Waals surface area (Å²) >= 11 is 0. The SMILES string of the molecule is CCCSSC[C@H](N)C(=O)OC. The van der Waals surface area contributed by atoms with Crippen molar-refractivity contribution < 1.29 is 9.53 Å². The molecule has 0 rings (SSSR count). The van der Waals surface area contributed by atoms with E-state index in [9.17, 15) is 4.79 Å². The van der Waals surface area contributed by atoms with Gasteiger partial charge in [0.25, 0.3) is 0 Å². The maximum absolute atomic E-state index is 10.8. The summed E-state index contributed by atoms with van der Waals surface area (Å²) in [6.45, 7) is 2.12. The van der Waals surface area contributed by atoms with Gasteiger partial charge in [0.2, 0.25) is 0 Å². The standard InChI is InChI=1S/C7H15NO2S2/c1-3-4-11-12-5-6(8)7(9)10-2/h6H,3-5,8H2,1-2H3/t6-/m0/s1. The van der Waals surface area contributed by atoms with E-state index in [1.807, 2.05) is 0 Å². The molecule has 0 spiro atoms. The minimum atomic E-state index is -0.482. The fraction of sp³-hybridized carbons (Fsp3) is 0.857. The molecule has 0 aromatic carbocycles. The molecule has 1 atom stereocenters. The van der Waals surface area contributed by atoms with Crippen molar-refractivity contribution in [2.24, 2.45) is 5.73 Å². The number of carbonyl (C=O) groups is 1. The monoisotopic (exact) mass is 209 g/mol. The number of carbonyl (C=O) groups excluding carboxylic acids is 1.